The first-order valence-electron chi connectivity index (χ1n) is 3.82. The van der Waals surface area contributed by atoms with E-state index < -0.39 is 5.97 Å². The lowest BCUT2D eigenvalue weighted by Crippen LogP contribution is -2.06. The highest BCUT2D eigenvalue weighted by Crippen LogP contribution is 2.02. The number of hydrogen-bond donors (Lipinski definition) is 1. The van der Waals surface area contributed by atoms with Crippen LogP contribution in [0.4, 0.5) is 0 Å². The number of halogens is 1. The Morgan fingerprint density at radius 2 is 2.20 bits per heavy atom. The quantitative estimate of drug-likeness (QED) is 0.819. The highest BCUT2D eigenvalue weighted by Gasteiger charge is 2.07. The van der Waals surface area contributed by atoms with Crippen molar-refractivity contribution in [2.75, 3.05) is 0 Å². The standard InChI is InChI=1S/C8H6N4O2.ClH/c13-8(14)7-10-2-1-6(11-7)12-4-3-9-5-12;/h1-5H,(H,13,14);1H. The van der Waals surface area contributed by atoms with E-state index in [2.05, 4.69) is 15.0 Å². The van der Waals surface area contributed by atoms with E-state index in [4.69, 9.17) is 5.11 Å². The third-order valence-corrected chi connectivity index (χ3v) is 1.60. The molecule has 0 saturated carbocycles. The van der Waals surface area contributed by atoms with Crippen molar-refractivity contribution in [3.8, 4) is 5.82 Å². The summed E-state index contributed by atoms with van der Waals surface area (Å²) in [6, 6.07) is 1.61. The van der Waals surface area contributed by atoms with Crippen LogP contribution >= 0.6 is 12.4 Å². The molecule has 0 bridgehead atoms. The molecule has 2 heterocycles. The van der Waals surface area contributed by atoms with Gasteiger partial charge in [-0.1, -0.05) is 0 Å². The minimum atomic E-state index is -1.15. The highest BCUT2D eigenvalue weighted by atomic mass is 35.5. The Hall–Kier alpha value is -1.95. The van der Waals surface area contributed by atoms with Gasteiger partial charge in [-0.2, -0.15) is 0 Å². The minimum Gasteiger partial charge on any atom is -0.475 e. The molecule has 78 valence electrons. The maximum atomic E-state index is 10.6. The number of carboxylic acids is 1. The van der Waals surface area contributed by atoms with E-state index in [1.807, 2.05) is 0 Å². The molecule has 7 heteroatoms. The number of hydrogen-bond acceptors (Lipinski definition) is 4. The summed E-state index contributed by atoms with van der Waals surface area (Å²) in [6.45, 7) is 0. The van der Waals surface area contributed by atoms with Crippen molar-refractivity contribution >= 4 is 18.4 Å². The molecule has 0 atom stereocenters. The van der Waals surface area contributed by atoms with Gasteiger partial charge in [-0.15, -0.1) is 12.4 Å². The summed E-state index contributed by atoms with van der Waals surface area (Å²) in [5, 5.41) is 8.66. The third kappa shape index (κ3) is 2.29. The number of carboxylic acid groups (broad SMARTS) is 1. The van der Waals surface area contributed by atoms with Crippen LogP contribution in [-0.4, -0.2) is 30.6 Å². The Labute approximate surface area is 91.0 Å². The van der Waals surface area contributed by atoms with Crippen LogP contribution in [-0.2, 0) is 0 Å². The second kappa shape index (κ2) is 4.52. The molecule has 0 aliphatic carbocycles. The fourth-order valence-electron chi connectivity index (χ4n) is 0.991. The monoisotopic (exact) mass is 226 g/mol. The number of nitrogens with zero attached hydrogens (tertiary/aromatic N) is 4. The topological polar surface area (TPSA) is 80.9 Å². The van der Waals surface area contributed by atoms with Crippen LogP contribution in [0.15, 0.2) is 31.0 Å². The van der Waals surface area contributed by atoms with Crippen LogP contribution in [0.5, 0.6) is 0 Å². The maximum absolute atomic E-state index is 10.6. The predicted molar refractivity (Wildman–Crippen MR) is 53.4 cm³/mol. The van der Waals surface area contributed by atoms with E-state index in [9.17, 15) is 4.79 Å². The number of aromatic carboxylic acids is 1. The molecule has 1 N–H and O–H groups in total. The molecule has 0 saturated heterocycles. The van der Waals surface area contributed by atoms with Gasteiger partial charge in [0, 0.05) is 18.6 Å². The van der Waals surface area contributed by atoms with Gasteiger partial charge in [-0.3, -0.25) is 4.57 Å². The molecule has 0 unspecified atom stereocenters. The zero-order valence-corrected chi connectivity index (χ0v) is 8.26. The lowest BCUT2D eigenvalue weighted by atomic mass is 10.5. The molecule has 0 aliphatic heterocycles. The summed E-state index contributed by atoms with van der Waals surface area (Å²) in [5.41, 5.74) is 0. The lowest BCUT2D eigenvalue weighted by Gasteiger charge is -2.00. The van der Waals surface area contributed by atoms with Gasteiger partial charge >= 0.3 is 5.97 Å². The van der Waals surface area contributed by atoms with E-state index in [1.54, 1.807) is 23.0 Å². The average Bonchev–Trinajstić information content (AvgIpc) is 2.71. The Balaban J connectivity index is 0.00000112. The maximum Gasteiger partial charge on any atom is 0.374 e. The van der Waals surface area contributed by atoms with E-state index in [0.29, 0.717) is 5.82 Å². The van der Waals surface area contributed by atoms with E-state index >= 15 is 0 Å². The first-order chi connectivity index (χ1) is 6.77. The van der Waals surface area contributed by atoms with Gasteiger partial charge < -0.3 is 5.11 Å². The smallest absolute Gasteiger partial charge is 0.374 e. The molecular formula is C8H7ClN4O2. The summed E-state index contributed by atoms with van der Waals surface area (Å²) in [4.78, 5) is 21.8. The van der Waals surface area contributed by atoms with Crippen LogP contribution in [0.3, 0.4) is 0 Å². The molecule has 2 aromatic rings. The number of carbonyl (C=O) groups is 1. The van der Waals surface area contributed by atoms with Crippen molar-refractivity contribution in [3.05, 3.63) is 36.8 Å². The van der Waals surface area contributed by atoms with Gasteiger partial charge in [-0.25, -0.2) is 19.7 Å². The molecule has 0 aromatic carbocycles. The molecule has 6 nitrogen and oxygen atoms in total. The molecular weight excluding hydrogens is 220 g/mol. The van der Waals surface area contributed by atoms with Crippen LogP contribution < -0.4 is 0 Å². The van der Waals surface area contributed by atoms with Crippen molar-refractivity contribution in [3.63, 3.8) is 0 Å². The number of imidazole rings is 1. The van der Waals surface area contributed by atoms with Crippen molar-refractivity contribution in [1.82, 2.24) is 19.5 Å². The predicted octanol–water partition coefficient (Wildman–Crippen LogP) is 0.782. The zero-order chi connectivity index (χ0) is 9.97. The van der Waals surface area contributed by atoms with E-state index in [0.717, 1.165) is 0 Å². The molecule has 0 radical (unpaired) electrons. The van der Waals surface area contributed by atoms with Gasteiger partial charge in [-0.05, 0) is 6.07 Å². The molecule has 0 spiro atoms. The average molecular weight is 227 g/mol. The molecule has 0 fully saturated rings. The van der Waals surface area contributed by atoms with Crippen LogP contribution in [0, 0.1) is 0 Å². The van der Waals surface area contributed by atoms with E-state index in [1.165, 1.54) is 12.5 Å². The Morgan fingerprint density at radius 3 is 2.80 bits per heavy atom. The first kappa shape index (κ1) is 11.1. The second-order valence-electron chi connectivity index (χ2n) is 2.51. The normalized spacial score (nSPS) is 9.33. The fraction of sp³-hybridized carbons (Fsp3) is 0. The summed E-state index contributed by atoms with van der Waals surface area (Å²) < 4.78 is 1.61. The fourth-order valence-corrected chi connectivity index (χ4v) is 0.991. The van der Waals surface area contributed by atoms with Crippen LogP contribution in [0.25, 0.3) is 5.82 Å². The zero-order valence-electron chi connectivity index (χ0n) is 7.44. The molecule has 0 aliphatic rings. The van der Waals surface area contributed by atoms with Crippen molar-refractivity contribution < 1.29 is 9.90 Å². The molecule has 0 amide bonds. The van der Waals surface area contributed by atoms with E-state index in [-0.39, 0.29) is 18.2 Å². The number of rotatable bonds is 2. The van der Waals surface area contributed by atoms with Gasteiger partial charge in [0.2, 0.25) is 5.82 Å². The highest BCUT2D eigenvalue weighted by molar-refractivity contribution is 5.85. The Morgan fingerprint density at radius 1 is 1.40 bits per heavy atom. The molecule has 15 heavy (non-hydrogen) atoms. The largest absolute Gasteiger partial charge is 0.475 e. The second-order valence-corrected chi connectivity index (χ2v) is 2.51. The third-order valence-electron chi connectivity index (χ3n) is 1.60. The summed E-state index contributed by atoms with van der Waals surface area (Å²) in [5.74, 6) is -0.891. The van der Waals surface area contributed by atoms with Crippen LogP contribution in [0.1, 0.15) is 10.6 Å². The Bertz CT molecular complexity index is 457. The molecule has 2 rings (SSSR count). The van der Waals surface area contributed by atoms with Gasteiger partial charge in [0.1, 0.15) is 12.1 Å². The van der Waals surface area contributed by atoms with Gasteiger partial charge in [0.05, 0.1) is 0 Å². The van der Waals surface area contributed by atoms with Gasteiger partial charge in [0.25, 0.3) is 0 Å². The molecule has 2 aromatic heterocycles. The van der Waals surface area contributed by atoms with Crippen LogP contribution in [0.2, 0.25) is 0 Å². The SMILES string of the molecule is Cl.O=C(O)c1nccc(-n2ccnc2)n1. The van der Waals surface area contributed by atoms with Crippen molar-refractivity contribution in [2.24, 2.45) is 0 Å². The number of aromatic nitrogens is 4. The summed E-state index contributed by atoms with van der Waals surface area (Å²) in [7, 11) is 0. The van der Waals surface area contributed by atoms with Crippen molar-refractivity contribution in [1.29, 1.82) is 0 Å². The minimum absolute atomic E-state index is 0. The summed E-state index contributed by atoms with van der Waals surface area (Å²) >= 11 is 0. The first-order valence-corrected chi connectivity index (χ1v) is 3.82. The van der Waals surface area contributed by atoms with Crippen molar-refractivity contribution in [2.45, 2.75) is 0 Å². The summed E-state index contributed by atoms with van der Waals surface area (Å²) in [6.07, 6.45) is 6.19. The lowest BCUT2D eigenvalue weighted by molar-refractivity contribution is 0.0683. The van der Waals surface area contributed by atoms with Gasteiger partial charge in [0.15, 0.2) is 0 Å². The Kier molecular flexibility index (Phi) is 3.35.